The minimum absolute atomic E-state index is 0.213. The Balaban J connectivity index is 2.85. The molecule has 1 rings (SSSR count). The summed E-state index contributed by atoms with van der Waals surface area (Å²) in [4.78, 5) is 2.58. The maximum Gasteiger partial charge on any atom is 0.0873 e. The Hall–Kier alpha value is -0.520. The van der Waals surface area contributed by atoms with Crippen LogP contribution in [0, 0.1) is 12.3 Å². The van der Waals surface area contributed by atoms with Crippen molar-refractivity contribution in [3.05, 3.63) is 0 Å². The third kappa shape index (κ3) is 3.03. The number of likely N-dealkylation sites (N-methyl/N-ethyl adjacent to an activating group) is 1. The highest BCUT2D eigenvalue weighted by Gasteiger charge is 2.43. The fourth-order valence-corrected chi connectivity index (χ4v) is 3.32. The summed E-state index contributed by atoms with van der Waals surface area (Å²) in [6.45, 7) is 9.91. The number of nitrogens with zero attached hydrogens (tertiary/aromatic N) is 1. The summed E-state index contributed by atoms with van der Waals surface area (Å²) in [6, 6.07) is 0.213. The van der Waals surface area contributed by atoms with Gasteiger partial charge in [-0.15, -0.1) is 6.42 Å². The van der Waals surface area contributed by atoms with Crippen LogP contribution in [0.15, 0.2) is 0 Å². The van der Waals surface area contributed by atoms with Crippen molar-refractivity contribution in [1.29, 1.82) is 0 Å². The van der Waals surface area contributed by atoms with Crippen LogP contribution in [0.2, 0.25) is 0 Å². The maximum atomic E-state index is 5.79. The minimum atomic E-state index is 0.213. The Morgan fingerprint density at radius 3 is 2.24 bits per heavy atom. The lowest BCUT2D eigenvalue weighted by atomic mass is 9.86. The Bertz CT molecular complexity index is 244. The second-order valence-electron chi connectivity index (χ2n) is 5.04. The molecule has 17 heavy (non-hydrogen) atoms. The zero-order valence-electron chi connectivity index (χ0n) is 11.8. The van der Waals surface area contributed by atoms with Crippen molar-refractivity contribution >= 4 is 0 Å². The first-order chi connectivity index (χ1) is 8.25. The van der Waals surface area contributed by atoms with Gasteiger partial charge < -0.3 is 5.32 Å². The summed E-state index contributed by atoms with van der Waals surface area (Å²) >= 11 is 0. The number of nitrogens with one attached hydrogen (secondary N) is 1. The largest absolute Gasteiger partial charge is 0.302 e. The Kier molecular flexibility index (Phi) is 6.02. The third-order valence-corrected chi connectivity index (χ3v) is 4.17. The molecule has 0 bridgehead atoms. The molecular formula is C15H28N2. The van der Waals surface area contributed by atoms with Crippen LogP contribution in [0.1, 0.15) is 52.9 Å². The van der Waals surface area contributed by atoms with Gasteiger partial charge in [-0.05, 0) is 38.9 Å². The van der Waals surface area contributed by atoms with Crippen LogP contribution >= 0.6 is 0 Å². The molecule has 0 amide bonds. The molecule has 0 heterocycles. The van der Waals surface area contributed by atoms with E-state index in [1.165, 1.54) is 25.7 Å². The predicted molar refractivity (Wildman–Crippen MR) is 75.0 cm³/mol. The minimum Gasteiger partial charge on any atom is -0.302 e. The summed E-state index contributed by atoms with van der Waals surface area (Å²) in [6.07, 6.45) is 12.1. The van der Waals surface area contributed by atoms with Gasteiger partial charge in [-0.2, -0.15) is 0 Å². The fourth-order valence-electron chi connectivity index (χ4n) is 3.32. The zero-order chi connectivity index (χ0) is 12.7. The van der Waals surface area contributed by atoms with Gasteiger partial charge in [0.05, 0.1) is 6.04 Å². The van der Waals surface area contributed by atoms with Crippen molar-refractivity contribution in [1.82, 2.24) is 10.2 Å². The van der Waals surface area contributed by atoms with Crippen molar-refractivity contribution in [2.45, 2.75) is 64.5 Å². The molecule has 1 saturated carbocycles. The van der Waals surface area contributed by atoms with Crippen molar-refractivity contribution in [2.75, 3.05) is 19.6 Å². The SMILES string of the molecule is C#CC(NCCC)C1(N(CC)CC)CCCC1. The van der Waals surface area contributed by atoms with Crippen LogP contribution in [0.3, 0.4) is 0 Å². The number of hydrogen-bond donors (Lipinski definition) is 1. The highest BCUT2D eigenvalue weighted by atomic mass is 15.2. The summed E-state index contributed by atoms with van der Waals surface area (Å²) in [5, 5.41) is 3.57. The van der Waals surface area contributed by atoms with E-state index in [4.69, 9.17) is 6.42 Å². The number of terminal acetylenes is 1. The highest BCUT2D eigenvalue weighted by molar-refractivity contribution is 5.15. The summed E-state index contributed by atoms with van der Waals surface area (Å²) in [7, 11) is 0. The van der Waals surface area contributed by atoms with Gasteiger partial charge >= 0.3 is 0 Å². The van der Waals surface area contributed by atoms with E-state index >= 15 is 0 Å². The Morgan fingerprint density at radius 1 is 1.24 bits per heavy atom. The van der Waals surface area contributed by atoms with E-state index in [0.717, 1.165) is 26.1 Å². The molecule has 98 valence electrons. The topological polar surface area (TPSA) is 15.3 Å². The van der Waals surface area contributed by atoms with E-state index < -0.39 is 0 Å². The van der Waals surface area contributed by atoms with Crippen LogP contribution in [-0.4, -0.2) is 36.1 Å². The molecule has 0 radical (unpaired) electrons. The summed E-state index contributed by atoms with van der Waals surface area (Å²) in [5.41, 5.74) is 0.216. The second-order valence-corrected chi connectivity index (χ2v) is 5.04. The lowest BCUT2D eigenvalue weighted by Gasteiger charge is -2.44. The normalized spacial score (nSPS) is 20.4. The van der Waals surface area contributed by atoms with Gasteiger partial charge in [0, 0.05) is 5.54 Å². The molecule has 0 spiro atoms. The van der Waals surface area contributed by atoms with Crippen molar-refractivity contribution < 1.29 is 0 Å². The van der Waals surface area contributed by atoms with Gasteiger partial charge in [-0.3, -0.25) is 4.90 Å². The first-order valence-corrected chi connectivity index (χ1v) is 7.19. The van der Waals surface area contributed by atoms with Gasteiger partial charge in [-0.1, -0.05) is 39.5 Å². The van der Waals surface area contributed by atoms with Gasteiger partial charge in [-0.25, -0.2) is 0 Å². The number of hydrogen-bond acceptors (Lipinski definition) is 2. The molecule has 0 saturated heterocycles. The first kappa shape index (κ1) is 14.5. The lowest BCUT2D eigenvalue weighted by Crippen LogP contribution is -2.59. The second kappa shape index (κ2) is 7.03. The molecule has 0 aliphatic heterocycles. The highest BCUT2D eigenvalue weighted by Crippen LogP contribution is 2.37. The van der Waals surface area contributed by atoms with Gasteiger partial charge in [0.2, 0.25) is 0 Å². The molecule has 1 aliphatic rings. The number of rotatable bonds is 7. The molecule has 0 aromatic rings. The molecule has 1 aliphatic carbocycles. The zero-order valence-corrected chi connectivity index (χ0v) is 11.8. The third-order valence-electron chi connectivity index (χ3n) is 4.17. The predicted octanol–water partition coefficient (Wildman–Crippen LogP) is 2.64. The Morgan fingerprint density at radius 2 is 1.82 bits per heavy atom. The Labute approximate surface area is 107 Å². The quantitative estimate of drug-likeness (QED) is 0.684. The average molecular weight is 236 g/mol. The van der Waals surface area contributed by atoms with Crippen LogP contribution in [-0.2, 0) is 0 Å². The van der Waals surface area contributed by atoms with E-state index in [-0.39, 0.29) is 11.6 Å². The van der Waals surface area contributed by atoms with Gasteiger partial charge in [0.1, 0.15) is 0 Å². The molecule has 1 fully saturated rings. The van der Waals surface area contributed by atoms with Crippen LogP contribution in [0.25, 0.3) is 0 Å². The van der Waals surface area contributed by atoms with Gasteiger partial charge in [0.15, 0.2) is 0 Å². The van der Waals surface area contributed by atoms with E-state index in [1.54, 1.807) is 0 Å². The average Bonchev–Trinajstić information content (AvgIpc) is 2.82. The van der Waals surface area contributed by atoms with Crippen LogP contribution in [0.4, 0.5) is 0 Å². The molecule has 1 unspecified atom stereocenters. The maximum absolute atomic E-state index is 5.79. The van der Waals surface area contributed by atoms with E-state index in [0.29, 0.717) is 0 Å². The summed E-state index contributed by atoms with van der Waals surface area (Å²) < 4.78 is 0. The molecular weight excluding hydrogens is 208 g/mol. The molecule has 1 atom stereocenters. The molecule has 2 nitrogen and oxygen atoms in total. The smallest absolute Gasteiger partial charge is 0.0873 e. The first-order valence-electron chi connectivity index (χ1n) is 7.19. The molecule has 0 aromatic heterocycles. The van der Waals surface area contributed by atoms with E-state index in [1.807, 2.05) is 0 Å². The van der Waals surface area contributed by atoms with E-state index in [2.05, 4.69) is 36.9 Å². The van der Waals surface area contributed by atoms with Crippen LogP contribution < -0.4 is 5.32 Å². The fraction of sp³-hybridized carbons (Fsp3) is 0.867. The van der Waals surface area contributed by atoms with Crippen LogP contribution in [0.5, 0.6) is 0 Å². The molecule has 0 aromatic carbocycles. The monoisotopic (exact) mass is 236 g/mol. The van der Waals surface area contributed by atoms with E-state index in [9.17, 15) is 0 Å². The molecule has 1 N–H and O–H groups in total. The lowest BCUT2D eigenvalue weighted by molar-refractivity contribution is 0.0822. The molecule has 2 heteroatoms. The summed E-state index contributed by atoms with van der Waals surface area (Å²) in [5.74, 6) is 3.02. The van der Waals surface area contributed by atoms with Crippen molar-refractivity contribution in [3.63, 3.8) is 0 Å². The van der Waals surface area contributed by atoms with Crippen molar-refractivity contribution in [2.24, 2.45) is 0 Å². The van der Waals surface area contributed by atoms with Crippen molar-refractivity contribution in [3.8, 4) is 12.3 Å². The standard InChI is InChI=1S/C15H28N2/c1-5-13-16-14(6-2)15(11-9-10-12-15)17(7-3)8-4/h2,14,16H,5,7-13H2,1,3-4H3. The van der Waals surface area contributed by atoms with Gasteiger partial charge in [0.25, 0.3) is 0 Å².